The van der Waals surface area contributed by atoms with E-state index in [1.54, 1.807) is 19.1 Å². The molecule has 17 heavy (non-hydrogen) atoms. The lowest BCUT2D eigenvalue weighted by atomic mass is 10.1. The molecule has 0 saturated carbocycles. The molecule has 0 aromatic heterocycles. The van der Waals surface area contributed by atoms with E-state index in [2.05, 4.69) is 15.9 Å². The van der Waals surface area contributed by atoms with Crippen LogP contribution in [0.1, 0.15) is 23.7 Å². The summed E-state index contributed by atoms with van der Waals surface area (Å²) >= 11 is 8.77. The van der Waals surface area contributed by atoms with Crippen LogP contribution in [-0.2, 0) is 9.84 Å². The van der Waals surface area contributed by atoms with Crippen molar-refractivity contribution in [2.24, 2.45) is 0 Å². The summed E-state index contributed by atoms with van der Waals surface area (Å²) in [5, 5.41) is 0.498. The van der Waals surface area contributed by atoms with Crippen molar-refractivity contribution < 1.29 is 13.2 Å². The van der Waals surface area contributed by atoms with E-state index in [0.29, 0.717) is 10.6 Å². The van der Waals surface area contributed by atoms with Crippen LogP contribution in [0.2, 0.25) is 5.02 Å². The molecule has 1 unspecified atom stereocenters. The van der Waals surface area contributed by atoms with Gasteiger partial charge >= 0.3 is 0 Å². The summed E-state index contributed by atoms with van der Waals surface area (Å²) in [5.74, 6) is -0.473. The van der Waals surface area contributed by atoms with Gasteiger partial charge in [0, 0.05) is 16.8 Å². The molecule has 0 spiro atoms. The highest BCUT2D eigenvalue weighted by atomic mass is 79.9. The van der Waals surface area contributed by atoms with Gasteiger partial charge < -0.3 is 0 Å². The second kappa shape index (κ2) is 5.08. The van der Waals surface area contributed by atoms with Gasteiger partial charge in [-0.15, -0.1) is 0 Å². The van der Waals surface area contributed by atoms with E-state index in [1.807, 2.05) is 0 Å². The van der Waals surface area contributed by atoms with Gasteiger partial charge in [0.15, 0.2) is 19.3 Å². The first-order valence-corrected chi connectivity index (χ1v) is 7.97. The van der Waals surface area contributed by atoms with Gasteiger partial charge in [-0.1, -0.05) is 34.5 Å². The number of sulfone groups is 1. The largest absolute Gasteiger partial charge is 0.291 e. The SMILES string of the molecule is CCC(Br)(C(=O)c1ccc(Cl)cc1)S(C)(=O)=O. The van der Waals surface area contributed by atoms with E-state index in [4.69, 9.17) is 11.6 Å². The number of rotatable bonds is 4. The Morgan fingerprint density at radius 2 is 1.82 bits per heavy atom. The first-order valence-electron chi connectivity index (χ1n) is 4.91. The summed E-state index contributed by atoms with van der Waals surface area (Å²) in [6.45, 7) is 1.64. The van der Waals surface area contributed by atoms with Gasteiger partial charge in [0.2, 0.25) is 0 Å². The Kier molecular flexibility index (Phi) is 4.38. The fourth-order valence-electron chi connectivity index (χ4n) is 1.41. The van der Waals surface area contributed by atoms with Crippen molar-refractivity contribution in [1.29, 1.82) is 0 Å². The van der Waals surface area contributed by atoms with Crippen molar-refractivity contribution in [3.8, 4) is 0 Å². The Hall–Kier alpha value is -0.390. The highest BCUT2D eigenvalue weighted by Crippen LogP contribution is 2.33. The van der Waals surface area contributed by atoms with Crippen LogP contribution < -0.4 is 0 Å². The molecule has 0 saturated heterocycles. The van der Waals surface area contributed by atoms with Crippen molar-refractivity contribution in [3.63, 3.8) is 0 Å². The van der Waals surface area contributed by atoms with Gasteiger partial charge in [-0.05, 0) is 30.7 Å². The molecule has 1 rings (SSSR count). The lowest BCUT2D eigenvalue weighted by Crippen LogP contribution is -2.39. The summed E-state index contributed by atoms with van der Waals surface area (Å²) in [7, 11) is -3.54. The topological polar surface area (TPSA) is 51.2 Å². The lowest BCUT2D eigenvalue weighted by Gasteiger charge is -2.22. The molecule has 0 aliphatic heterocycles. The number of benzene rings is 1. The molecule has 0 fully saturated rings. The monoisotopic (exact) mass is 338 g/mol. The molecule has 6 heteroatoms. The quantitative estimate of drug-likeness (QED) is 0.626. The van der Waals surface area contributed by atoms with Crippen LogP contribution in [-0.4, -0.2) is 24.1 Å². The lowest BCUT2D eigenvalue weighted by molar-refractivity contribution is 0.0976. The number of carbonyl (C=O) groups excluding carboxylic acids is 1. The number of hydrogen-bond donors (Lipinski definition) is 0. The third kappa shape index (κ3) is 2.89. The molecule has 0 heterocycles. The number of Topliss-reactive ketones (excluding diaryl/α,β-unsaturated/α-hetero) is 1. The molecular weight excluding hydrogens is 328 g/mol. The molecule has 0 bridgehead atoms. The fourth-order valence-corrected chi connectivity index (χ4v) is 2.74. The van der Waals surface area contributed by atoms with Gasteiger partial charge in [0.1, 0.15) is 0 Å². The average molecular weight is 340 g/mol. The van der Waals surface area contributed by atoms with Crippen molar-refractivity contribution in [3.05, 3.63) is 34.9 Å². The number of halogens is 2. The first-order chi connectivity index (χ1) is 7.72. The zero-order valence-corrected chi connectivity index (χ0v) is 12.6. The van der Waals surface area contributed by atoms with Crippen molar-refractivity contribution >= 4 is 43.2 Å². The zero-order valence-electron chi connectivity index (χ0n) is 9.41. The van der Waals surface area contributed by atoms with Crippen molar-refractivity contribution in [2.75, 3.05) is 6.26 Å². The fraction of sp³-hybridized carbons (Fsp3) is 0.364. The smallest absolute Gasteiger partial charge is 0.194 e. The van der Waals surface area contributed by atoms with E-state index < -0.39 is 19.3 Å². The minimum atomic E-state index is -3.54. The highest BCUT2D eigenvalue weighted by molar-refractivity contribution is 9.12. The number of alkyl halides is 1. The Morgan fingerprint density at radius 3 is 2.18 bits per heavy atom. The Balaban J connectivity index is 3.24. The predicted molar refractivity (Wildman–Crippen MR) is 72.6 cm³/mol. The van der Waals surface area contributed by atoms with E-state index >= 15 is 0 Å². The van der Waals surface area contributed by atoms with Crippen LogP contribution >= 0.6 is 27.5 Å². The summed E-state index contributed by atoms with van der Waals surface area (Å²) in [6.07, 6.45) is 1.20. The van der Waals surface area contributed by atoms with E-state index in [-0.39, 0.29) is 6.42 Å². The van der Waals surface area contributed by atoms with Gasteiger partial charge in [-0.2, -0.15) is 0 Å². The van der Waals surface area contributed by atoms with Crippen LogP contribution in [0.4, 0.5) is 0 Å². The number of hydrogen-bond acceptors (Lipinski definition) is 3. The van der Waals surface area contributed by atoms with Crippen LogP contribution in [0.15, 0.2) is 24.3 Å². The molecule has 1 atom stereocenters. The first kappa shape index (κ1) is 14.7. The van der Waals surface area contributed by atoms with Crippen LogP contribution in [0.25, 0.3) is 0 Å². The Labute approximate surface area is 114 Å². The third-order valence-electron chi connectivity index (χ3n) is 2.49. The standard InChI is InChI=1S/C11H12BrClO3S/c1-3-11(12,17(2,15)16)10(14)8-4-6-9(13)7-5-8/h4-7H,3H2,1-2H3. The summed E-state index contributed by atoms with van der Waals surface area (Å²) in [6, 6.07) is 6.14. The molecule has 0 aliphatic rings. The van der Waals surface area contributed by atoms with Crippen LogP contribution in [0.5, 0.6) is 0 Å². The Bertz CT molecular complexity index is 524. The maximum absolute atomic E-state index is 12.2. The average Bonchev–Trinajstić information content (AvgIpc) is 2.26. The molecule has 0 amide bonds. The minimum absolute atomic E-state index is 0.160. The number of carbonyl (C=O) groups is 1. The molecule has 3 nitrogen and oxygen atoms in total. The predicted octanol–water partition coefficient (Wildman–Crippen LogP) is 3.07. The van der Waals surface area contributed by atoms with Gasteiger partial charge in [-0.3, -0.25) is 4.79 Å². The van der Waals surface area contributed by atoms with Crippen LogP contribution in [0.3, 0.4) is 0 Å². The normalized spacial score (nSPS) is 15.3. The molecule has 1 aromatic rings. The van der Waals surface area contributed by atoms with E-state index in [0.717, 1.165) is 6.26 Å². The van der Waals surface area contributed by atoms with Crippen molar-refractivity contribution in [2.45, 2.75) is 17.0 Å². The second-order valence-corrected chi connectivity index (χ2v) is 8.25. The molecule has 94 valence electrons. The van der Waals surface area contributed by atoms with Gasteiger partial charge in [0.25, 0.3) is 0 Å². The summed E-state index contributed by atoms with van der Waals surface area (Å²) in [5.41, 5.74) is 0.318. The second-order valence-electron chi connectivity index (χ2n) is 3.69. The Morgan fingerprint density at radius 1 is 1.35 bits per heavy atom. The molecule has 0 radical (unpaired) electrons. The highest BCUT2D eigenvalue weighted by Gasteiger charge is 2.44. The molecule has 0 aliphatic carbocycles. The molecule has 0 N–H and O–H groups in total. The summed E-state index contributed by atoms with van der Waals surface area (Å²) in [4.78, 5) is 12.2. The van der Waals surface area contributed by atoms with E-state index in [9.17, 15) is 13.2 Å². The number of ketones is 1. The molecule has 1 aromatic carbocycles. The van der Waals surface area contributed by atoms with E-state index in [1.165, 1.54) is 12.1 Å². The minimum Gasteiger partial charge on any atom is -0.291 e. The van der Waals surface area contributed by atoms with Gasteiger partial charge in [-0.25, -0.2) is 8.42 Å². The van der Waals surface area contributed by atoms with Gasteiger partial charge in [0.05, 0.1) is 0 Å². The van der Waals surface area contributed by atoms with Crippen molar-refractivity contribution in [1.82, 2.24) is 0 Å². The van der Waals surface area contributed by atoms with Crippen LogP contribution in [0, 0.1) is 0 Å². The maximum atomic E-state index is 12.2. The zero-order chi connectivity index (χ0) is 13.3. The third-order valence-corrected chi connectivity index (χ3v) is 7.07. The summed E-state index contributed by atoms with van der Waals surface area (Å²) < 4.78 is 21.8. The maximum Gasteiger partial charge on any atom is 0.194 e. The molecular formula is C11H12BrClO3S.